The van der Waals surface area contributed by atoms with E-state index in [1.54, 1.807) is 30.3 Å². The van der Waals surface area contributed by atoms with Crippen molar-refractivity contribution in [3.8, 4) is 0 Å². The molecule has 1 aliphatic rings. The Kier molecular flexibility index (Phi) is 4.86. The van der Waals surface area contributed by atoms with Crippen LogP contribution in [-0.2, 0) is 10.0 Å². The number of sulfonamides is 1. The van der Waals surface area contributed by atoms with E-state index in [-0.39, 0.29) is 18.6 Å². The molecule has 1 heterocycles. The molecule has 1 aromatic rings. The number of aliphatic hydroxyl groups is 1. The summed E-state index contributed by atoms with van der Waals surface area (Å²) in [5.41, 5.74) is 0.769. The number of hydrogen-bond donors (Lipinski definition) is 1. The molecule has 1 saturated heterocycles. The molecule has 0 bridgehead atoms. The quantitative estimate of drug-likeness (QED) is 0.928. The van der Waals surface area contributed by atoms with E-state index in [1.807, 2.05) is 6.92 Å². The van der Waals surface area contributed by atoms with Gasteiger partial charge in [-0.3, -0.25) is 0 Å². The summed E-state index contributed by atoms with van der Waals surface area (Å²) in [5, 5.41) is 11.1. The van der Waals surface area contributed by atoms with E-state index < -0.39 is 10.0 Å². The highest BCUT2D eigenvalue weighted by Crippen LogP contribution is 2.27. The van der Waals surface area contributed by atoms with Crippen LogP contribution < -0.4 is 0 Å². The lowest BCUT2D eigenvalue weighted by Crippen LogP contribution is -2.38. The summed E-state index contributed by atoms with van der Waals surface area (Å²) in [6.07, 6.45) is 2.32. The first kappa shape index (κ1) is 15.5. The minimum absolute atomic E-state index is 0.144. The van der Waals surface area contributed by atoms with Crippen molar-refractivity contribution in [1.29, 1.82) is 0 Å². The molecular weight excluding hydrogens is 298 g/mol. The summed E-state index contributed by atoms with van der Waals surface area (Å²) < 4.78 is 26.0. The van der Waals surface area contributed by atoms with E-state index in [0.29, 0.717) is 11.6 Å². The molecule has 1 aliphatic heterocycles. The van der Waals surface area contributed by atoms with Crippen molar-refractivity contribution >= 4 is 27.7 Å². The second kappa shape index (κ2) is 6.26. The minimum atomic E-state index is -3.50. The fourth-order valence-corrected chi connectivity index (χ4v) is 4.00. The number of hydrogen-bond acceptors (Lipinski definition) is 3. The average Bonchev–Trinajstić information content (AvgIpc) is 2.80. The molecule has 2 unspecified atom stereocenters. The summed E-state index contributed by atoms with van der Waals surface area (Å²) in [7, 11) is -3.50. The Morgan fingerprint density at radius 1 is 1.40 bits per heavy atom. The molecule has 20 heavy (non-hydrogen) atoms. The van der Waals surface area contributed by atoms with Gasteiger partial charge in [-0.25, -0.2) is 8.42 Å². The van der Waals surface area contributed by atoms with Crippen LogP contribution >= 0.6 is 11.6 Å². The van der Waals surface area contributed by atoms with Crippen LogP contribution in [0.25, 0.3) is 6.08 Å². The number of benzene rings is 1. The lowest BCUT2D eigenvalue weighted by atomic mass is 10.0. The van der Waals surface area contributed by atoms with Crippen LogP contribution in [0.3, 0.4) is 0 Å². The van der Waals surface area contributed by atoms with Crippen LogP contribution in [0.15, 0.2) is 29.7 Å². The second-order valence-electron chi connectivity index (χ2n) is 5.03. The van der Waals surface area contributed by atoms with Gasteiger partial charge < -0.3 is 5.11 Å². The van der Waals surface area contributed by atoms with Crippen molar-refractivity contribution < 1.29 is 13.5 Å². The summed E-state index contributed by atoms with van der Waals surface area (Å²) in [5.74, 6) is 0.179. The number of halogens is 1. The van der Waals surface area contributed by atoms with Gasteiger partial charge in [0.1, 0.15) is 0 Å². The third-order valence-corrected chi connectivity index (χ3v) is 5.49. The zero-order valence-electron chi connectivity index (χ0n) is 11.2. The normalized spacial score (nSPS) is 24.6. The summed E-state index contributed by atoms with van der Waals surface area (Å²) in [6.45, 7) is 2.27. The van der Waals surface area contributed by atoms with Gasteiger partial charge in [0, 0.05) is 17.0 Å². The summed E-state index contributed by atoms with van der Waals surface area (Å²) in [4.78, 5) is 0. The molecular formula is C14H18ClNO3S. The first-order valence-electron chi connectivity index (χ1n) is 6.50. The molecule has 0 spiro atoms. The highest BCUT2D eigenvalue weighted by Gasteiger charge is 2.37. The molecule has 2 rings (SSSR count). The lowest BCUT2D eigenvalue weighted by molar-refractivity contribution is 0.192. The molecule has 0 aliphatic carbocycles. The van der Waals surface area contributed by atoms with Gasteiger partial charge in [-0.2, -0.15) is 4.31 Å². The van der Waals surface area contributed by atoms with E-state index in [4.69, 9.17) is 11.6 Å². The van der Waals surface area contributed by atoms with E-state index in [0.717, 1.165) is 12.0 Å². The van der Waals surface area contributed by atoms with E-state index in [2.05, 4.69) is 0 Å². The maximum Gasteiger partial charge on any atom is 0.236 e. The predicted molar refractivity (Wildman–Crippen MR) is 80.8 cm³/mol. The van der Waals surface area contributed by atoms with Crippen molar-refractivity contribution in [2.24, 2.45) is 5.92 Å². The Balaban J connectivity index is 2.17. The van der Waals surface area contributed by atoms with Gasteiger partial charge in [0.05, 0.1) is 12.6 Å². The van der Waals surface area contributed by atoms with Gasteiger partial charge >= 0.3 is 0 Å². The third-order valence-electron chi connectivity index (χ3n) is 3.65. The predicted octanol–water partition coefficient (Wildman–Crippen LogP) is 2.34. The van der Waals surface area contributed by atoms with Crippen LogP contribution in [0.4, 0.5) is 0 Å². The molecule has 2 atom stereocenters. The van der Waals surface area contributed by atoms with Crippen LogP contribution in [0.2, 0.25) is 5.02 Å². The first-order valence-corrected chi connectivity index (χ1v) is 8.38. The van der Waals surface area contributed by atoms with Crippen molar-refractivity contribution in [3.05, 3.63) is 40.3 Å². The SMILES string of the molecule is CC1CCN(S(=O)(=O)/C=C/c2ccc(Cl)cc2)C1CO. The number of rotatable bonds is 4. The van der Waals surface area contributed by atoms with Gasteiger partial charge in [-0.15, -0.1) is 0 Å². The highest BCUT2D eigenvalue weighted by atomic mass is 35.5. The highest BCUT2D eigenvalue weighted by molar-refractivity contribution is 7.92. The summed E-state index contributed by atoms with van der Waals surface area (Å²) in [6, 6.07) is 6.61. The molecule has 1 fully saturated rings. The van der Waals surface area contributed by atoms with Gasteiger partial charge in [-0.05, 0) is 36.1 Å². The van der Waals surface area contributed by atoms with Crippen molar-refractivity contribution in [2.45, 2.75) is 19.4 Å². The Bertz CT molecular complexity index is 583. The Morgan fingerprint density at radius 2 is 2.05 bits per heavy atom. The topological polar surface area (TPSA) is 57.6 Å². The summed E-state index contributed by atoms with van der Waals surface area (Å²) >= 11 is 5.78. The van der Waals surface area contributed by atoms with Gasteiger partial charge in [0.15, 0.2) is 0 Å². The first-order chi connectivity index (χ1) is 9.44. The van der Waals surface area contributed by atoms with Gasteiger partial charge in [0.25, 0.3) is 0 Å². The molecule has 0 radical (unpaired) electrons. The van der Waals surface area contributed by atoms with Gasteiger partial charge in [-0.1, -0.05) is 30.7 Å². The van der Waals surface area contributed by atoms with Crippen molar-refractivity contribution in [1.82, 2.24) is 4.31 Å². The molecule has 1 aromatic carbocycles. The monoisotopic (exact) mass is 315 g/mol. The van der Waals surface area contributed by atoms with E-state index in [1.165, 1.54) is 9.71 Å². The van der Waals surface area contributed by atoms with Crippen LogP contribution in [-0.4, -0.2) is 37.0 Å². The van der Waals surface area contributed by atoms with E-state index in [9.17, 15) is 13.5 Å². The van der Waals surface area contributed by atoms with Crippen LogP contribution in [0.5, 0.6) is 0 Å². The zero-order valence-corrected chi connectivity index (χ0v) is 12.8. The van der Waals surface area contributed by atoms with Gasteiger partial charge in [0.2, 0.25) is 10.0 Å². The standard InChI is InChI=1S/C14H18ClNO3S/c1-11-6-8-16(14(11)10-17)20(18,19)9-7-12-2-4-13(15)5-3-12/h2-5,7,9,11,14,17H,6,8,10H2,1H3/b9-7+. The fourth-order valence-electron chi connectivity index (χ4n) is 2.38. The Hall–Kier alpha value is -0.880. The molecule has 4 nitrogen and oxygen atoms in total. The number of aliphatic hydroxyl groups excluding tert-OH is 1. The molecule has 6 heteroatoms. The van der Waals surface area contributed by atoms with E-state index >= 15 is 0 Å². The van der Waals surface area contributed by atoms with Crippen molar-refractivity contribution in [3.63, 3.8) is 0 Å². The molecule has 0 saturated carbocycles. The minimum Gasteiger partial charge on any atom is -0.395 e. The molecule has 0 amide bonds. The van der Waals surface area contributed by atoms with Crippen LogP contribution in [0, 0.1) is 5.92 Å². The Morgan fingerprint density at radius 3 is 2.65 bits per heavy atom. The Labute approximate surface area is 124 Å². The number of nitrogens with zero attached hydrogens (tertiary/aromatic N) is 1. The molecule has 0 aromatic heterocycles. The fraction of sp³-hybridized carbons (Fsp3) is 0.429. The largest absolute Gasteiger partial charge is 0.395 e. The maximum absolute atomic E-state index is 12.3. The zero-order chi connectivity index (χ0) is 14.8. The molecule has 110 valence electrons. The smallest absolute Gasteiger partial charge is 0.236 e. The molecule has 1 N–H and O–H groups in total. The second-order valence-corrected chi connectivity index (χ2v) is 7.23. The maximum atomic E-state index is 12.3. The third kappa shape index (κ3) is 3.41. The lowest BCUT2D eigenvalue weighted by Gasteiger charge is -2.22. The van der Waals surface area contributed by atoms with Crippen LogP contribution in [0.1, 0.15) is 18.9 Å². The average molecular weight is 316 g/mol. The van der Waals surface area contributed by atoms with Crippen molar-refractivity contribution in [2.75, 3.05) is 13.2 Å².